The van der Waals surface area contributed by atoms with E-state index in [9.17, 15) is 5.11 Å². The summed E-state index contributed by atoms with van der Waals surface area (Å²) in [5, 5.41) is 11.2. The van der Waals surface area contributed by atoms with E-state index in [2.05, 4.69) is 4.98 Å². The van der Waals surface area contributed by atoms with Gasteiger partial charge in [0.25, 0.3) is 0 Å². The van der Waals surface area contributed by atoms with Crippen molar-refractivity contribution in [3.8, 4) is 16.7 Å². The molecule has 0 aromatic carbocycles. The molecule has 0 radical (unpaired) electrons. The number of thiophene rings is 1. The van der Waals surface area contributed by atoms with Crippen molar-refractivity contribution in [2.75, 3.05) is 0 Å². The molecule has 0 aliphatic rings. The van der Waals surface area contributed by atoms with Gasteiger partial charge in [-0.15, -0.1) is 11.3 Å². The van der Waals surface area contributed by atoms with Crippen molar-refractivity contribution in [2.24, 2.45) is 0 Å². The summed E-state index contributed by atoms with van der Waals surface area (Å²) in [5.74, 6) is 0.930. The summed E-state index contributed by atoms with van der Waals surface area (Å²) in [7, 11) is 0. The summed E-state index contributed by atoms with van der Waals surface area (Å²) in [5.41, 5.74) is 0. The molecule has 66 valence electrons. The maximum Gasteiger partial charge on any atom is 0.219 e. The van der Waals surface area contributed by atoms with Crippen LogP contribution in [0, 0.1) is 0 Å². The van der Waals surface area contributed by atoms with E-state index < -0.39 is 0 Å². The monoisotopic (exact) mass is 193 g/mol. The summed E-state index contributed by atoms with van der Waals surface area (Å²) in [6.45, 7) is 0. The Labute approximate surface area is 79.3 Å². The smallest absolute Gasteiger partial charge is 0.219 e. The van der Waals surface area contributed by atoms with Crippen molar-refractivity contribution in [3.63, 3.8) is 0 Å². The van der Waals surface area contributed by atoms with Crippen LogP contribution in [0.5, 0.6) is 16.7 Å². The van der Waals surface area contributed by atoms with Gasteiger partial charge in [0.2, 0.25) is 10.9 Å². The predicted molar refractivity (Wildman–Crippen MR) is 50.3 cm³/mol. The minimum atomic E-state index is 0.172. The van der Waals surface area contributed by atoms with Gasteiger partial charge in [0.05, 0.1) is 0 Å². The van der Waals surface area contributed by atoms with Crippen LogP contribution < -0.4 is 4.74 Å². The van der Waals surface area contributed by atoms with Crippen LogP contribution in [-0.2, 0) is 0 Å². The first-order chi connectivity index (χ1) is 6.36. The fourth-order valence-corrected chi connectivity index (χ4v) is 1.43. The van der Waals surface area contributed by atoms with Crippen molar-refractivity contribution in [1.82, 2.24) is 4.98 Å². The maximum atomic E-state index is 9.28. The van der Waals surface area contributed by atoms with Gasteiger partial charge in [-0.1, -0.05) is 6.07 Å². The van der Waals surface area contributed by atoms with Crippen LogP contribution in [0.1, 0.15) is 0 Å². The van der Waals surface area contributed by atoms with E-state index in [1.54, 1.807) is 29.8 Å². The average Bonchev–Trinajstić information content (AvgIpc) is 2.54. The fraction of sp³-hybridized carbons (Fsp3) is 0. The molecule has 0 bridgehead atoms. The van der Waals surface area contributed by atoms with E-state index in [-0.39, 0.29) is 5.06 Å². The summed E-state index contributed by atoms with van der Waals surface area (Å²) >= 11 is 1.23. The number of aromatic hydroxyl groups is 1. The second kappa shape index (κ2) is 3.45. The summed E-state index contributed by atoms with van der Waals surface area (Å²) in [6, 6.07) is 7.07. The molecule has 0 atom stereocenters. The summed E-state index contributed by atoms with van der Waals surface area (Å²) in [6.07, 6.45) is 1.64. The van der Waals surface area contributed by atoms with Gasteiger partial charge in [0, 0.05) is 12.3 Å². The number of pyridine rings is 1. The van der Waals surface area contributed by atoms with E-state index in [1.165, 1.54) is 11.3 Å². The lowest BCUT2D eigenvalue weighted by Gasteiger charge is -2.00. The van der Waals surface area contributed by atoms with Crippen molar-refractivity contribution in [1.29, 1.82) is 0 Å². The highest BCUT2D eigenvalue weighted by molar-refractivity contribution is 7.12. The quantitative estimate of drug-likeness (QED) is 0.797. The van der Waals surface area contributed by atoms with Gasteiger partial charge in [-0.3, -0.25) is 0 Å². The highest BCUT2D eigenvalue weighted by Gasteiger charge is 2.04. The van der Waals surface area contributed by atoms with Crippen LogP contribution in [0.3, 0.4) is 0 Å². The maximum absolute atomic E-state index is 9.28. The minimum absolute atomic E-state index is 0.172. The Morgan fingerprint density at radius 1 is 1.31 bits per heavy atom. The fourth-order valence-electron chi connectivity index (χ4n) is 0.887. The normalized spacial score (nSPS) is 9.85. The first-order valence-corrected chi connectivity index (χ1v) is 4.59. The van der Waals surface area contributed by atoms with E-state index in [0.717, 1.165) is 0 Å². The molecule has 3 nitrogen and oxygen atoms in total. The van der Waals surface area contributed by atoms with E-state index >= 15 is 0 Å². The van der Waals surface area contributed by atoms with Crippen LogP contribution in [-0.4, -0.2) is 10.1 Å². The Morgan fingerprint density at radius 3 is 2.85 bits per heavy atom. The largest absolute Gasteiger partial charge is 0.497 e. The third-order valence-corrected chi connectivity index (χ3v) is 2.16. The van der Waals surface area contributed by atoms with Crippen LogP contribution >= 0.6 is 11.3 Å². The number of rotatable bonds is 2. The lowest BCUT2D eigenvalue weighted by molar-refractivity contribution is 0.413. The molecule has 0 aliphatic carbocycles. The molecular formula is C9H7NO2S. The second-order valence-corrected chi connectivity index (χ2v) is 3.25. The molecule has 0 amide bonds. The Hall–Kier alpha value is -1.55. The van der Waals surface area contributed by atoms with Crippen LogP contribution in [0.15, 0.2) is 35.8 Å². The molecule has 13 heavy (non-hydrogen) atoms. The zero-order valence-corrected chi connectivity index (χ0v) is 7.49. The topological polar surface area (TPSA) is 42.4 Å². The number of nitrogens with zero attached hydrogens (tertiary/aromatic N) is 1. The predicted octanol–water partition coefficient (Wildman–Crippen LogP) is 2.64. The van der Waals surface area contributed by atoms with Crippen LogP contribution in [0.25, 0.3) is 0 Å². The lowest BCUT2D eigenvalue weighted by atomic mass is 10.5. The van der Waals surface area contributed by atoms with Gasteiger partial charge in [0.1, 0.15) is 0 Å². The number of hydrogen-bond acceptors (Lipinski definition) is 4. The van der Waals surface area contributed by atoms with E-state index in [4.69, 9.17) is 4.74 Å². The first kappa shape index (κ1) is 8.07. The molecular weight excluding hydrogens is 186 g/mol. The second-order valence-electron chi connectivity index (χ2n) is 2.36. The third kappa shape index (κ3) is 1.78. The molecule has 2 rings (SSSR count). The van der Waals surface area contributed by atoms with Gasteiger partial charge in [-0.2, -0.15) is 0 Å². The van der Waals surface area contributed by atoms with Crippen molar-refractivity contribution >= 4 is 11.3 Å². The van der Waals surface area contributed by atoms with Gasteiger partial charge < -0.3 is 9.84 Å². The summed E-state index contributed by atoms with van der Waals surface area (Å²) in [4.78, 5) is 3.97. The summed E-state index contributed by atoms with van der Waals surface area (Å²) < 4.78 is 5.30. The molecule has 0 fully saturated rings. The molecule has 0 unspecified atom stereocenters. The zero-order chi connectivity index (χ0) is 9.10. The Bertz CT molecular complexity index is 386. The molecule has 0 spiro atoms. The highest BCUT2D eigenvalue weighted by atomic mass is 32.1. The van der Waals surface area contributed by atoms with Gasteiger partial charge in [-0.25, -0.2) is 4.98 Å². The first-order valence-electron chi connectivity index (χ1n) is 3.71. The average molecular weight is 193 g/mol. The van der Waals surface area contributed by atoms with Crippen molar-refractivity contribution in [3.05, 3.63) is 35.8 Å². The minimum Gasteiger partial charge on any atom is -0.497 e. The van der Waals surface area contributed by atoms with Gasteiger partial charge in [0.15, 0.2) is 5.75 Å². The standard InChI is InChI=1S/C9H7NO2S/c11-9-7(4-6-13-9)12-8-3-1-2-5-10-8/h1-6,11H. The zero-order valence-electron chi connectivity index (χ0n) is 6.68. The number of ether oxygens (including phenoxy) is 1. The molecule has 1 N–H and O–H groups in total. The molecule has 0 aliphatic heterocycles. The van der Waals surface area contributed by atoms with Crippen molar-refractivity contribution in [2.45, 2.75) is 0 Å². The van der Waals surface area contributed by atoms with E-state index in [1.807, 2.05) is 6.07 Å². The molecule has 0 saturated carbocycles. The van der Waals surface area contributed by atoms with Crippen LogP contribution in [0.4, 0.5) is 0 Å². The van der Waals surface area contributed by atoms with Gasteiger partial charge >= 0.3 is 0 Å². The highest BCUT2D eigenvalue weighted by Crippen LogP contribution is 2.34. The Morgan fingerprint density at radius 2 is 2.23 bits per heavy atom. The number of aromatic nitrogens is 1. The number of hydrogen-bond donors (Lipinski definition) is 1. The molecule has 4 heteroatoms. The molecule has 2 heterocycles. The lowest BCUT2D eigenvalue weighted by Crippen LogP contribution is -1.84. The SMILES string of the molecule is Oc1sccc1Oc1ccccn1. The van der Waals surface area contributed by atoms with Gasteiger partial charge in [-0.05, 0) is 17.5 Å². The molecule has 2 aromatic rings. The van der Waals surface area contributed by atoms with Crippen LogP contribution in [0.2, 0.25) is 0 Å². The van der Waals surface area contributed by atoms with E-state index in [0.29, 0.717) is 11.6 Å². The Kier molecular flexibility index (Phi) is 2.14. The molecule has 2 aromatic heterocycles. The molecule has 0 saturated heterocycles. The van der Waals surface area contributed by atoms with Crippen molar-refractivity contribution < 1.29 is 9.84 Å². The Balaban J connectivity index is 2.20. The third-order valence-electron chi connectivity index (χ3n) is 1.46.